The van der Waals surface area contributed by atoms with Gasteiger partial charge in [0.25, 0.3) is 0 Å². The van der Waals surface area contributed by atoms with Gasteiger partial charge in [-0.05, 0) is 32.9 Å². The minimum Gasteiger partial charge on any atom is -0.339 e. The number of hydrogen-bond acceptors (Lipinski definition) is 5. The fourth-order valence-corrected chi connectivity index (χ4v) is 3.95. The van der Waals surface area contributed by atoms with E-state index in [9.17, 15) is 4.79 Å². The average molecular weight is 319 g/mol. The van der Waals surface area contributed by atoms with Crippen molar-refractivity contribution >= 4 is 6.03 Å². The van der Waals surface area contributed by atoms with Crippen molar-refractivity contribution in [1.29, 1.82) is 0 Å². The van der Waals surface area contributed by atoms with Crippen LogP contribution in [-0.2, 0) is 11.8 Å². The first kappa shape index (κ1) is 14.9. The van der Waals surface area contributed by atoms with Crippen molar-refractivity contribution in [2.75, 3.05) is 33.2 Å². The molecule has 1 aliphatic carbocycles. The fraction of sp³-hybridized carbons (Fsp3) is 0.812. The smallest absolute Gasteiger partial charge is 0.317 e. The maximum absolute atomic E-state index is 12.5. The Morgan fingerprint density at radius 2 is 2.26 bits per heavy atom. The van der Waals surface area contributed by atoms with Gasteiger partial charge in [0.15, 0.2) is 5.82 Å². The summed E-state index contributed by atoms with van der Waals surface area (Å²) in [7, 11) is 2.14. The number of likely N-dealkylation sites (tertiary alicyclic amines) is 2. The number of carbonyl (C=O) groups is 1. The molecule has 3 fully saturated rings. The number of urea groups is 1. The minimum absolute atomic E-state index is 0.0687. The zero-order valence-electron chi connectivity index (χ0n) is 13.9. The summed E-state index contributed by atoms with van der Waals surface area (Å²) in [5.74, 6) is 1.85. The molecule has 1 aromatic heterocycles. The van der Waals surface area contributed by atoms with Gasteiger partial charge >= 0.3 is 6.03 Å². The lowest BCUT2D eigenvalue weighted by molar-refractivity contribution is 0.118. The Balaban J connectivity index is 1.59. The van der Waals surface area contributed by atoms with Crippen molar-refractivity contribution < 1.29 is 9.32 Å². The first-order valence-corrected chi connectivity index (χ1v) is 8.68. The van der Waals surface area contributed by atoms with E-state index in [4.69, 9.17) is 4.52 Å². The number of nitrogens with one attached hydrogen (secondary N) is 1. The number of fused-ring (bicyclic) bond motifs is 1. The summed E-state index contributed by atoms with van der Waals surface area (Å²) in [5, 5.41) is 7.20. The lowest BCUT2D eigenvalue weighted by atomic mass is 9.72. The van der Waals surface area contributed by atoms with Crippen LogP contribution in [0.3, 0.4) is 0 Å². The molecule has 1 saturated carbocycles. The van der Waals surface area contributed by atoms with Crippen molar-refractivity contribution in [3.63, 3.8) is 0 Å². The maximum atomic E-state index is 12.5. The highest BCUT2D eigenvalue weighted by Gasteiger charge is 2.54. The van der Waals surface area contributed by atoms with Crippen molar-refractivity contribution in [2.24, 2.45) is 5.92 Å². The van der Waals surface area contributed by atoms with Gasteiger partial charge in [0.2, 0.25) is 5.89 Å². The van der Waals surface area contributed by atoms with Gasteiger partial charge in [-0.2, -0.15) is 4.98 Å². The zero-order valence-corrected chi connectivity index (χ0v) is 13.9. The fourth-order valence-electron chi connectivity index (χ4n) is 3.95. The van der Waals surface area contributed by atoms with Gasteiger partial charge in [0, 0.05) is 38.0 Å². The van der Waals surface area contributed by atoms with E-state index in [1.54, 1.807) is 0 Å². The first-order chi connectivity index (χ1) is 11.1. The molecule has 1 N–H and O–H groups in total. The number of amides is 2. The van der Waals surface area contributed by atoms with Crippen molar-refractivity contribution in [3.05, 3.63) is 11.7 Å². The van der Waals surface area contributed by atoms with E-state index in [1.165, 1.54) is 0 Å². The van der Waals surface area contributed by atoms with Gasteiger partial charge in [0.05, 0.1) is 5.41 Å². The molecular weight excluding hydrogens is 294 g/mol. The largest absolute Gasteiger partial charge is 0.339 e. The van der Waals surface area contributed by atoms with Gasteiger partial charge in [-0.25, -0.2) is 4.79 Å². The predicted octanol–water partition coefficient (Wildman–Crippen LogP) is 1.01. The van der Waals surface area contributed by atoms with Gasteiger partial charge in [-0.15, -0.1) is 0 Å². The molecule has 1 aromatic rings. The Hall–Kier alpha value is -1.63. The lowest BCUT2D eigenvalue weighted by Crippen LogP contribution is -2.48. The number of aryl methyl sites for hydroxylation is 1. The molecule has 4 rings (SSSR count). The molecule has 2 atom stereocenters. The van der Waals surface area contributed by atoms with E-state index in [2.05, 4.69) is 27.4 Å². The molecule has 0 bridgehead atoms. The Kier molecular flexibility index (Phi) is 3.55. The van der Waals surface area contributed by atoms with Gasteiger partial charge in [0.1, 0.15) is 0 Å². The summed E-state index contributed by atoms with van der Waals surface area (Å²) >= 11 is 0. The van der Waals surface area contributed by atoms with Crippen LogP contribution in [0.2, 0.25) is 0 Å². The predicted molar refractivity (Wildman–Crippen MR) is 84.1 cm³/mol. The molecule has 3 heterocycles. The van der Waals surface area contributed by atoms with Crippen molar-refractivity contribution in [2.45, 2.75) is 44.1 Å². The van der Waals surface area contributed by atoms with Crippen LogP contribution in [0.15, 0.2) is 4.52 Å². The van der Waals surface area contributed by atoms with Crippen molar-refractivity contribution in [3.8, 4) is 0 Å². The third-order valence-electron chi connectivity index (χ3n) is 5.57. The van der Waals surface area contributed by atoms with Gasteiger partial charge < -0.3 is 19.6 Å². The summed E-state index contributed by atoms with van der Waals surface area (Å²) in [4.78, 5) is 21.4. The van der Waals surface area contributed by atoms with Crippen LogP contribution in [0.4, 0.5) is 4.79 Å². The summed E-state index contributed by atoms with van der Waals surface area (Å²) in [6.07, 6.45) is 3.96. The second kappa shape index (κ2) is 5.47. The Bertz CT molecular complexity index is 599. The molecule has 0 aromatic carbocycles. The van der Waals surface area contributed by atoms with E-state index in [1.807, 2.05) is 11.8 Å². The zero-order chi connectivity index (χ0) is 16.0. The molecule has 126 valence electrons. The highest BCUT2D eigenvalue weighted by Crippen LogP contribution is 2.44. The van der Waals surface area contributed by atoms with Crippen LogP contribution in [0.1, 0.15) is 37.9 Å². The summed E-state index contributed by atoms with van der Waals surface area (Å²) in [6, 6.07) is 0.456. The minimum atomic E-state index is -0.173. The van der Waals surface area contributed by atoms with Crippen LogP contribution < -0.4 is 5.32 Å². The SMILES string of the molecule is CCc1noc([C@@]23CCN(C)C[C@@H]2CN(C(=O)NC2CC2)C3)n1. The number of nitrogens with zero attached hydrogens (tertiary/aromatic N) is 4. The molecule has 23 heavy (non-hydrogen) atoms. The molecule has 3 aliphatic rings. The molecule has 7 nitrogen and oxygen atoms in total. The maximum Gasteiger partial charge on any atom is 0.317 e. The number of aromatic nitrogens is 2. The van der Waals surface area contributed by atoms with Crippen LogP contribution in [0.5, 0.6) is 0 Å². The lowest BCUT2D eigenvalue weighted by Gasteiger charge is -2.39. The van der Waals surface area contributed by atoms with Crippen molar-refractivity contribution in [1.82, 2.24) is 25.3 Å². The number of carbonyl (C=O) groups excluding carboxylic acids is 1. The molecule has 7 heteroatoms. The number of piperidine rings is 1. The molecule has 0 radical (unpaired) electrons. The van der Waals surface area contributed by atoms with Crippen LogP contribution in [-0.4, -0.2) is 65.2 Å². The topological polar surface area (TPSA) is 74.5 Å². The highest BCUT2D eigenvalue weighted by atomic mass is 16.5. The quantitative estimate of drug-likeness (QED) is 0.900. The van der Waals surface area contributed by atoms with Crippen LogP contribution in [0, 0.1) is 5.92 Å². The monoisotopic (exact) mass is 319 g/mol. The van der Waals surface area contributed by atoms with Crippen LogP contribution >= 0.6 is 0 Å². The van der Waals surface area contributed by atoms with Gasteiger partial charge in [-0.1, -0.05) is 12.1 Å². The van der Waals surface area contributed by atoms with E-state index >= 15 is 0 Å². The molecule has 2 saturated heterocycles. The summed E-state index contributed by atoms with van der Waals surface area (Å²) in [6.45, 7) is 5.46. The normalized spacial score (nSPS) is 31.2. The third kappa shape index (κ3) is 2.60. The van der Waals surface area contributed by atoms with Crippen LogP contribution in [0.25, 0.3) is 0 Å². The summed E-state index contributed by atoms with van der Waals surface area (Å²) < 4.78 is 5.62. The Labute approximate surface area is 136 Å². The first-order valence-electron chi connectivity index (χ1n) is 8.68. The molecule has 2 amide bonds. The number of hydrogen-bond donors (Lipinski definition) is 1. The van der Waals surface area contributed by atoms with E-state index < -0.39 is 0 Å². The summed E-state index contributed by atoms with van der Waals surface area (Å²) in [5.41, 5.74) is -0.173. The van der Waals surface area contributed by atoms with E-state index in [-0.39, 0.29) is 11.4 Å². The Morgan fingerprint density at radius 1 is 1.43 bits per heavy atom. The molecular formula is C16H25N5O2. The highest BCUT2D eigenvalue weighted by molar-refractivity contribution is 5.75. The average Bonchev–Trinajstić information content (AvgIpc) is 3.09. The molecule has 2 aliphatic heterocycles. The van der Waals surface area contributed by atoms with E-state index in [0.717, 1.165) is 57.0 Å². The Morgan fingerprint density at radius 3 is 2.96 bits per heavy atom. The third-order valence-corrected chi connectivity index (χ3v) is 5.57. The standard InChI is InChI=1S/C16H25N5O2/c1-3-13-18-14(23-19-13)16-6-7-20(2)8-11(16)9-21(10-16)15(22)17-12-4-5-12/h11-12H,3-10H2,1-2H3,(H,17,22)/t11-,16-/m1/s1. The second-order valence-corrected chi connectivity index (χ2v) is 7.34. The number of rotatable bonds is 3. The molecule has 0 spiro atoms. The molecule has 0 unspecified atom stereocenters. The van der Waals surface area contributed by atoms with E-state index in [0.29, 0.717) is 18.5 Å². The second-order valence-electron chi connectivity index (χ2n) is 7.34. The van der Waals surface area contributed by atoms with Gasteiger partial charge in [-0.3, -0.25) is 0 Å².